The molecule has 4 rings (SSSR count). The number of aromatic nitrogens is 2. The van der Waals surface area contributed by atoms with Gasteiger partial charge in [-0.15, -0.1) is 10.2 Å². The van der Waals surface area contributed by atoms with Crippen LogP contribution in [0.1, 0.15) is 28.6 Å². The summed E-state index contributed by atoms with van der Waals surface area (Å²) in [5.74, 6) is 0.560. The minimum absolute atomic E-state index is 0.00275. The Kier molecular flexibility index (Phi) is 5.26. The second-order valence-corrected chi connectivity index (χ2v) is 6.64. The molecule has 1 N–H and O–H groups in total. The molecule has 0 amide bonds. The summed E-state index contributed by atoms with van der Waals surface area (Å²) in [7, 11) is 0. The number of rotatable bonds is 6. The number of hydrogen-bond acceptors (Lipinski definition) is 4. The highest BCUT2D eigenvalue weighted by molar-refractivity contribution is 5.51. The van der Waals surface area contributed by atoms with Crippen molar-refractivity contribution in [1.29, 1.82) is 0 Å². The molecule has 0 bridgehead atoms. The van der Waals surface area contributed by atoms with Crippen LogP contribution in [-0.4, -0.2) is 10.2 Å². The minimum Gasteiger partial charge on any atom is -0.419 e. The molecular formula is C23H20FN3O. The van der Waals surface area contributed by atoms with Gasteiger partial charge in [-0.1, -0.05) is 60.2 Å². The van der Waals surface area contributed by atoms with E-state index in [0.29, 0.717) is 23.9 Å². The lowest BCUT2D eigenvalue weighted by Gasteiger charge is -2.19. The molecule has 28 heavy (non-hydrogen) atoms. The van der Waals surface area contributed by atoms with Crippen LogP contribution in [-0.2, 0) is 6.54 Å². The van der Waals surface area contributed by atoms with Gasteiger partial charge in [0.05, 0.1) is 12.6 Å². The summed E-state index contributed by atoms with van der Waals surface area (Å²) in [5, 5.41) is 11.7. The van der Waals surface area contributed by atoms with E-state index in [2.05, 4.69) is 58.8 Å². The van der Waals surface area contributed by atoms with Crippen molar-refractivity contribution in [2.45, 2.75) is 19.5 Å². The first-order valence-electron chi connectivity index (χ1n) is 9.12. The number of benzene rings is 3. The van der Waals surface area contributed by atoms with E-state index in [1.54, 1.807) is 12.1 Å². The van der Waals surface area contributed by atoms with Gasteiger partial charge in [-0.2, -0.15) is 0 Å². The van der Waals surface area contributed by atoms with Gasteiger partial charge in [0.1, 0.15) is 5.82 Å². The molecule has 1 heterocycles. The van der Waals surface area contributed by atoms with Crippen LogP contribution in [0.25, 0.3) is 11.5 Å². The number of hydrogen-bond donors (Lipinski definition) is 1. The molecule has 5 heteroatoms. The third-order valence-electron chi connectivity index (χ3n) is 4.56. The molecule has 4 nitrogen and oxygen atoms in total. The molecule has 0 fully saturated rings. The fraction of sp³-hybridized carbons (Fsp3) is 0.130. The molecule has 1 unspecified atom stereocenters. The highest BCUT2D eigenvalue weighted by Crippen LogP contribution is 2.23. The highest BCUT2D eigenvalue weighted by Gasteiger charge is 2.15. The predicted molar refractivity (Wildman–Crippen MR) is 106 cm³/mol. The van der Waals surface area contributed by atoms with Crippen LogP contribution in [0, 0.1) is 12.7 Å². The van der Waals surface area contributed by atoms with Crippen molar-refractivity contribution in [1.82, 2.24) is 15.5 Å². The topological polar surface area (TPSA) is 51.0 Å². The molecule has 0 saturated carbocycles. The SMILES string of the molecule is Cc1ccc(C(NCc2nnc(-c3ccc(F)cc3)o2)c2ccccc2)cc1. The smallest absolute Gasteiger partial charge is 0.247 e. The maximum atomic E-state index is 13.1. The first kappa shape index (κ1) is 18.1. The van der Waals surface area contributed by atoms with E-state index in [1.165, 1.54) is 17.7 Å². The number of halogens is 1. The third-order valence-corrected chi connectivity index (χ3v) is 4.56. The summed E-state index contributed by atoms with van der Waals surface area (Å²) in [6, 6.07) is 24.7. The van der Waals surface area contributed by atoms with Crippen LogP contribution in [0.5, 0.6) is 0 Å². The van der Waals surface area contributed by atoms with E-state index >= 15 is 0 Å². The van der Waals surface area contributed by atoms with Gasteiger partial charge >= 0.3 is 0 Å². The number of aryl methyl sites for hydroxylation is 1. The molecule has 4 aromatic rings. The van der Waals surface area contributed by atoms with Crippen LogP contribution in [0.15, 0.2) is 83.3 Å². The Morgan fingerprint density at radius 3 is 2.25 bits per heavy atom. The Bertz CT molecular complexity index is 1030. The summed E-state index contributed by atoms with van der Waals surface area (Å²) in [6.07, 6.45) is 0. The molecule has 0 spiro atoms. The van der Waals surface area contributed by atoms with Crippen molar-refractivity contribution >= 4 is 0 Å². The quantitative estimate of drug-likeness (QED) is 0.513. The largest absolute Gasteiger partial charge is 0.419 e. The van der Waals surface area contributed by atoms with Gasteiger partial charge in [-0.25, -0.2) is 4.39 Å². The van der Waals surface area contributed by atoms with E-state index in [4.69, 9.17) is 4.42 Å². The molecular weight excluding hydrogens is 353 g/mol. The maximum Gasteiger partial charge on any atom is 0.247 e. The zero-order valence-corrected chi connectivity index (χ0v) is 15.5. The van der Waals surface area contributed by atoms with Crippen molar-refractivity contribution < 1.29 is 8.81 Å². The second-order valence-electron chi connectivity index (χ2n) is 6.64. The lowest BCUT2D eigenvalue weighted by Crippen LogP contribution is -2.22. The van der Waals surface area contributed by atoms with Crippen molar-refractivity contribution in [3.05, 3.63) is 107 Å². The lowest BCUT2D eigenvalue weighted by molar-refractivity contribution is 0.462. The molecule has 0 saturated heterocycles. The van der Waals surface area contributed by atoms with E-state index in [9.17, 15) is 4.39 Å². The van der Waals surface area contributed by atoms with E-state index in [1.807, 2.05) is 18.2 Å². The van der Waals surface area contributed by atoms with Gasteiger partial charge < -0.3 is 4.42 Å². The van der Waals surface area contributed by atoms with Crippen LogP contribution in [0.4, 0.5) is 4.39 Å². The Labute approximate surface area is 163 Å². The average Bonchev–Trinajstić information content (AvgIpc) is 3.20. The predicted octanol–water partition coefficient (Wildman–Crippen LogP) is 5.06. The highest BCUT2D eigenvalue weighted by atomic mass is 19.1. The average molecular weight is 373 g/mol. The molecule has 1 aromatic heterocycles. The molecule has 0 aliphatic rings. The fourth-order valence-electron chi connectivity index (χ4n) is 3.06. The van der Waals surface area contributed by atoms with Gasteiger partial charge in [0.15, 0.2) is 0 Å². The van der Waals surface area contributed by atoms with Gasteiger partial charge in [-0.05, 0) is 42.3 Å². The standard InChI is InChI=1S/C23H20FN3O/c1-16-7-9-18(10-8-16)22(17-5-3-2-4-6-17)25-15-21-26-27-23(28-21)19-11-13-20(24)14-12-19/h2-14,22,25H,15H2,1H3. The first-order chi connectivity index (χ1) is 13.7. The van der Waals surface area contributed by atoms with Crippen LogP contribution in [0.3, 0.4) is 0 Å². The van der Waals surface area contributed by atoms with E-state index in [0.717, 1.165) is 11.1 Å². The van der Waals surface area contributed by atoms with Crippen LogP contribution < -0.4 is 5.32 Å². The van der Waals surface area contributed by atoms with Gasteiger partial charge in [0.2, 0.25) is 11.8 Å². The molecule has 1 atom stereocenters. The molecule has 0 aliphatic heterocycles. The van der Waals surface area contributed by atoms with Crippen molar-refractivity contribution in [2.24, 2.45) is 0 Å². The normalized spacial score (nSPS) is 12.1. The molecule has 140 valence electrons. The minimum atomic E-state index is -0.297. The van der Waals surface area contributed by atoms with Gasteiger partial charge in [0, 0.05) is 5.56 Å². The van der Waals surface area contributed by atoms with E-state index in [-0.39, 0.29) is 11.9 Å². The van der Waals surface area contributed by atoms with Crippen molar-refractivity contribution in [3.8, 4) is 11.5 Å². The van der Waals surface area contributed by atoms with Gasteiger partial charge in [-0.3, -0.25) is 5.32 Å². The summed E-state index contributed by atoms with van der Waals surface area (Å²) in [6.45, 7) is 2.49. The number of nitrogens with zero attached hydrogens (tertiary/aromatic N) is 2. The summed E-state index contributed by atoms with van der Waals surface area (Å²) in [5.41, 5.74) is 4.23. The van der Waals surface area contributed by atoms with Gasteiger partial charge in [0.25, 0.3) is 0 Å². The third kappa shape index (κ3) is 4.15. The number of nitrogens with one attached hydrogen (secondary N) is 1. The van der Waals surface area contributed by atoms with Crippen molar-refractivity contribution in [3.63, 3.8) is 0 Å². The van der Waals surface area contributed by atoms with E-state index < -0.39 is 0 Å². The molecule has 3 aromatic carbocycles. The summed E-state index contributed by atoms with van der Waals surface area (Å²) >= 11 is 0. The van der Waals surface area contributed by atoms with Crippen LogP contribution >= 0.6 is 0 Å². The lowest BCUT2D eigenvalue weighted by atomic mass is 9.98. The summed E-state index contributed by atoms with van der Waals surface area (Å²) < 4.78 is 18.8. The Morgan fingerprint density at radius 1 is 0.857 bits per heavy atom. The zero-order chi connectivity index (χ0) is 19.3. The second kappa shape index (κ2) is 8.15. The Balaban J connectivity index is 1.53. The van der Waals surface area contributed by atoms with Crippen LogP contribution in [0.2, 0.25) is 0 Å². The van der Waals surface area contributed by atoms with Crippen molar-refractivity contribution in [2.75, 3.05) is 0 Å². The molecule has 0 radical (unpaired) electrons. The Morgan fingerprint density at radius 2 is 1.54 bits per heavy atom. The maximum absolute atomic E-state index is 13.1. The zero-order valence-electron chi connectivity index (χ0n) is 15.5. The fourth-order valence-corrected chi connectivity index (χ4v) is 3.06. The monoisotopic (exact) mass is 373 g/mol. The Hall–Kier alpha value is -3.31. The molecule has 0 aliphatic carbocycles. The summed E-state index contributed by atoms with van der Waals surface area (Å²) in [4.78, 5) is 0. The first-order valence-corrected chi connectivity index (χ1v) is 9.12.